The van der Waals surface area contributed by atoms with Crippen molar-refractivity contribution in [2.24, 2.45) is 0 Å². The third kappa shape index (κ3) is 3.38. The van der Waals surface area contributed by atoms with Gasteiger partial charge in [-0.25, -0.2) is 9.18 Å². The molecule has 0 saturated carbocycles. The predicted molar refractivity (Wildman–Crippen MR) is 129 cm³/mol. The lowest BCUT2D eigenvalue weighted by molar-refractivity contribution is -0.159. The second-order valence-corrected chi connectivity index (χ2v) is 9.45. The van der Waals surface area contributed by atoms with Gasteiger partial charge in [0.2, 0.25) is 0 Å². The lowest BCUT2D eigenvalue weighted by Gasteiger charge is -2.26. The molecule has 2 aromatic rings. The number of benzene rings is 1. The number of nitrogens with zero attached hydrogens (tertiary/aromatic N) is 1. The predicted octanol–water partition coefficient (Wildman–Crippen LogP) is 5.34. The molecule has 0 saturated heterocycles. The number of pyridine rings is 1. The molecule has 178 valence electrons. The van der Waals surface area contributed by atoms with Crippen LogP contribution in [0.2, 0.25) is 0 Å². The highest BCUT2D eigenvalue weighted by Gasteiger charge is 2.36. The van der Waals surface area contributed by atoms with Gasteiger partial charge in [0.25, 0.3) is 5.56 Å². The van der Waals surface area contributed by atoms with Crippen molar-refractivity contribution < 1.29 is 18.7 Å². The van der Waals surface area contributed by atoms with E-state index in [9.17, 15) is 14.0 Å². The lowest BCUT2D eigenvalue weighted by atomic mass is 9.79. The van der Waals surface area contributed by atoms with Crippen molar-refractivity contribution in [2.45, 2.75) is 72.1 Å². The minimum absolute atomic E-state index is 0.0343. The van der Waals surface area contributed by atoms with E-state index in [1.807, 2.05) is 19.9 Å². The van der Waals surface area contributed by atoms with Crippen LogP contribution < -0.4 is 5.56 Å². The first-order valence-corrected chi connectivity index (χ1v) is 12.0. The fourth-order valence-electron chi connectivity index (χ4n) is 5.75. The van der Waals surface area contributed by atoms with E-state index in [1.54, 1.807) is 10.6 Å². The van der Waals surface area contributed by atoms with Crippen molar-refractivity contribution >= 4 is 17.1 Å². The first kappa shape index (κ1) is 22.8. The zero-order chi connectivity index (χ0) is 24.1. The number of carbonyl (C=O) groups is 1. The van der Waals surface area contributed by atoms with Crippen molar-refractivity contribution in [3.8, 4) is 0 Å². The number of hydrogen-bond acceptors (Lipinski definition) is 4. The molecule has 34 heavy (non-hydrogen) atoms. The Kier molecular flexibility index (Phi) is 5.80. The summed E-state index contributed by atoms with van der Waals surface area (Å²) >= 11 is 0. The molecule has 1 atom stereocenters. The van der Waals surface area contributed by atoms with E-state index in [-0.39, 0.29) is 18.0 Å². The van der Waals surface area contributed by atoms with Crippen LogP contribution in [0.25, 0.3) is 11.1 Å². The van der Waals surface area contributed by atoms with Gasteiger partial charge in [-0.15, -0.1) is 0 Å². The number of esters is 1. The molecule has 3 heterocycles. The van der Waals surface area contributed by atoms with E-state index in [1.165, 1.54) is 12.7 Å². The third-order valence-electron chi connectivity index (χ3n) is 7.45. The summed E-state index contributed by atoms with van der Waals surface area (Å²) in [5, 5.41) is 0. The summed E-state index contributed by atoms with van der Waals surface area (Å²) in [5.74, 6) is -0.623. The third-order valence-corrected chi connectivity index (χ3v) is 7.45. The molecule has 0 radical (unpaired) electrons. The fraction of sp³-hybridized carbons (Fsp3) is 0.429. The Hall–Kier alpha value is -2.99. The molecule has 2 aliphatic heterocycles. The maximum Gasteiger partial charge on any atom is 0.340 e. The Morgan fingerprint density at radius 1 is 1.18 bits per heavy atom. The second kappa shape index (κ2) is 8.66. The highest BCUT2D eigenvalue weighted by Crippen LogP contribution is 2.45. The van der Waals surface area contributed by atoms with Gasteiger partial charge < -0.3 is 14.0 Å². The van der Waals surface area contributed by atoms with Crippen LogP contribution in [0.5, 0.6) is 0 Å². The fourth-order valence-corrected chi connectivity index (χ4v) is 5.75. The molecule has 1 aromatic carbocycles. The smallest absolute Gasteiger partial charge is 0.340 e. The quantitative estimate of drug-likeness (QED) is 0.577. The molecule has 0 spiro atoms. The van der Waals surface area contributed by atoms with Crippen molar-refractivity contribution in [3.05, 3.63) is 79.0 Å². The minimum atomic E-state index is -0.894. The van der Waals surface area contributed by atoms with Crippen LogP contribution in [0.15, 0.2) is 28.6 Å². The van der Waals surface area contributed by atoms with E-state index in [2.05, 4.69) is 13.0 Å². The van der Waals surface area contributed by atoms with Crippen LogP contribution in [0, 0.1) is 19.7 Å². The summed E-state index contributed by atoms with van der Waals surface area (Å²) in [6.07, 6.45) is 5.87. The van der Waals surface area contributed by atoms with Crippen LogP contribution >= 0.6 is 0 Å². The molecule has 1 unspecified atom stereocenters. The minimum Gasteiger partial charge on any atom is -0.458 e. The number of methoxy groups -OCH3 is 1. The topological polar surface area (TPSA) is 57.5 Å². The lowest BCUT2D eigenvalue weighted by Crippen LogP contribution is -2.33. The summed E-state index contributed by atoms with van der Waals surface area (Å²) in [6, 6.07) is 3.57. The van der Waals surface area contributed by atoms with Gasteiger partial charge in [-0.2, -0.15) is 0 Å². The summed E-state index contributed by atoms with van der Waals surface area (Å²) in [5.41, 5.74) is 9.03. The average Bonchev–Trinajstić information content (AvgIpc) is 3.19. The zero-order valence-corrected chi connectivity index (χ0v) is 20.2. The summed E-state index contributed by atoms with van der Waals surface area (Å²) < 4.78 is 27.0. The molecule has 0 bridgehead atoms. The van der Waals surface area contributed by atoms with Crippen LogP contribution in [-0.2, 0) is 33.8 Å². The van der Waals surface area contributed by atoms with Crippen LogP contribution in [-0.4, -0.2) is 17.6 Å². The number of hydrogen-bond donors (Lipinski definition) is 0. The van der Waals surface area contributed by atoms with Crippen LogP contribution in [0.3, 0.4) is 0 Å². The SMILES string of the molecule is CCCC=C1/C(=C2/CCCc3c(C)c(F)cc(C)c32)Cn2c1cc1c(c2=O)COC(=O)C1OC. The Morgan fingerprint density at radius 3 is 2.71 bits per heavy atom. The van der Waals surface area contributed by atoms with Gasteiger partial charge in [0, 0.05) is 12.7 Å². The number of cyclic esters (lactones) is 1. The van der Waals surface area contributed by atoms with Gasteiger partial charge in [-0.05, 0) is 90.6 Å². The largest absolute Gasteiger partial charge is 0.458 e. The standard InChI is InChI=1S/C28H30FNO4/c1-5-6-8-18-21(19-10-7-9-17-16(3)23(29)11-15(2)25(17)19)13-30-24(18)12-20-22(27(30)31)14-34-28(32)26(20)33-4/h8,11-12,26H,5-7,9-10,13-14H2,1-4H3/b18-8?,21-19-. The summed E-state index contributed by atoms with van der Waals surface area (Å²) in [6.45, 7) is 6.39. The van der Waals surface area contributed by atoms with Gasteiger partial charge in [0.15, 0.2) is 6.10 Å². The van der Waals surface area contributed by atoms with Crippen LogP contribution in [0.1, 0.15) is 77.8 Å². The molecule has 5 nitrogen and oxygen atoms in total. The Bertz CT molecular complexity index is 1330. The Labute approximate surface area is 198 Å². The van der Waals surface area contributed by atoms with Crippen molar-refractivity contribution in [3.63, 3.8) is 0 Å². The van der Waals surface area contributed by atoms with Crippen LogP contribution in [0.4, 0.5) is 4.39 Å². The summed E-state index contributed by atoms with van der Waals surface area (Å²) in [7, 11) is 1.45. The highest BCUT2D eigenvalue weighted by atomic mass is 19.1. The van der Waals surface area contributed by atoms with Crippen molar-refractivity contribution in [1.82, 2.24) is 4.57 Å². The molecule has 1 aromatic heterocycles. The van der Waals surface area contributed by atoms with Crippen molar-refractivity contribution in [2.75, 3.05) is 7.11 Å². The van der Waals surface area contributed by atoms with Crippen molar-refractivity contribution in [1.29, 1.82) is 0 Å². The van der Waals surface area contributed by atoms with Gasteiger partial charge >= 0.3 is 5.97 Å². The number of aryl methyl sites for hydroxylation is 1. The number of rotatable bonds is 3. The molecule has 0 amide bonds. The molecule has 5 rings (SSSR count). The molecule has 1 aliphatic carbocycles. The molecule has 0 N–H and O–H groups in total. The molecular formula is C28H30FNO4. The number of carbonyl (C=O) groups excluding carboxylic acids is 1. The number of unbranched alkanes of at least 4 members (excludes halogenated alkanes) is 1. The van der Waals surface area contributed by atoms with E-state index in [0.29, 0.717) is 17.7 Å². The number of halogens is 1. The number of aromatic nitrogens is 1. The number of allylic oxidation sites excluding steroid dienone is 4. The monoisotopic (exact) mass is 463 g/mol. The van der Waals surface area contributed by atoms with Gasteiger partial charge in [-0.3, -0.25) is 4.79 Å². The normalized spacial score (nSPS) is 22.4. The summed E-state index contributed by atoms with van der Waals surface area (Å²) in [4.78, 5) is 25.8. The Morgan fingerprint density at radius 2 is 1.97 bits per heavy atom. The zero-order valence-electron chi connectivity index (χ0n) is 20.2. The number of ether oxygens (including phenoxy) is 2. The van der Waals surface area contributed by atoms with Gasteiger partial charge in [0.1, 0.15) is 12.4 Å². The van der Waals surface area contributed by atoms with Gasteiger partial charge in [-0.1, -0.05) is 19.4 Å². The second-order valence-electron chi connectivity index (χ2n) is 9.45. The average molecular weight is 464 g/mol. The first-order valence-electron chi connectivity index (χ1n) is 12.0. The van der Waals surface area contributed by atoms with E-state index in [0.717, 1.165) is 71.2 Å². The Balaban J connectivity index is 1.76. The maximum absolute atomic E-state index is 14.5. The molecule has 0 fully saturated rings. The van der Waals surface area contributed by atoms with E-state index < -0.39 is 12.1 Å². The van der Waals surface area contributed by atoms with Gasteiger partial charge in [0.05, 0.1) is 17.8 Å². The molecule has 6 heteroatoms. The van der Waals surface area contributed by atoms with E-state index in [4.69, 9.17) is 9.47 Å². The highest BCUT2D eigenvalue weighted by molar-refractivity contribution is 5.93. The molecular weight excluding hydrogens is 433 g/mol. The molecule has 3 aliphatic rings. The maximum atomic E-state index is 14.5. The van der Waals surface area contributed by atoms with E-state index >= 15 is 0 Å². The first-order chi connectivity index (χ1) is 16.4. The number of fused-ring (bicyclic) bond motifs is 3.